The Kier molecular flexibility index (Phi) is 3.90. The summed E-state index contributed by atoms with van der Waals surface area (Å²) >= 11 is 0. The summed E-state index contributed by atoms with van der Waals surface area (Å²) in [4.78, 5) is 26.0. The number of piperidine rings is 1. The first-order chi connectivity index (χ1) is 8.57. The molecule has 5 nitrogen and oxygen atoms in total. The minimum Gasteiger partial charge on any atom is -0.359 e. The number of carbonyl (C=O) groups excluding carboxylic acids is 2. The summed E-state index contributed by atoms with van der Waals surface area (Å²) in [5, 5.41) is 5.96. The molecule has 5 heteroatoms. The molecule has 0 aromatic rings. The monoisotopic (exact) mass is 253 g/mol. The highest BCUT2D eigenvalue weighted by Crippen LogP contribution is 2.31. The average molecular weight is 253 g/mol. The lowest BCUT2D eigenvalue weighted by molar-refractivity contribution is -0.136. The molecule has 0 aliphatic carbocycles. The smallest absolute Gasteiger partial charge is 0.227 e. The van der Waals surface area contributed by atoms with E-state index in [1.54, 1.807) is 7.05 Å². The lowest BCUT2D eigenvalue weighted by Crippen LogP contribution is -2.44. The van der Waals surface area contributed by atoms with Gasteiger partial charge in [0.1, 0.15) is 0 Å². The maximum Gasteiger partial charge on any atom is 0.227 e. The Bertz CT molecular complexity index is 339. The highest BCUT2D eigenvalue weighted by molar-refractivity contribution is 5.85. The zero-order chi connectivity index (χ0) is 13.2. The second-order valence-electron chi connectivity index (χ2n) is 5.69. The normalized spacial score (nSPS) is 32.3. The van der Waals surface area contributed by atoms with Crippen LogP contribution in [-0.2, 0) is 9.59 Å². The molecule has 2 rings (SSSR count). The lowest BCUT2D eigenvalue weighted by atomic mass is 9.89. The maximum atomic E-state index is 12.4. The molecule has 0 aromatic carbocycles. The van der Waals surface area contributed by atoms with Crippen LogP contribution in [0.4, 0.5) is 0 Å². The molecular weight excluding hydrogens is 230 g/mol. The molecule has 0 radical (unpaired) electrons. The number of rotatable bonds is 2. The molecule has 2 aliphatic heterocycles. The number of nitrogens with zero attached hydrogens (tertiary/aromatic N) is 1. The summed E-state index contributed by atoms with van der Waals surface area (Å²) in [5.41, 5.74) is -0.410. The van der Waals surface area contributed by atoms with E-state index in [9.17, 15) is 9.59 Å². The fraction of sp³-hybridized carbons (Fsp3) is 0.846. The molecule has 1 unspecified atom stereocenters. The van der Waals surface area contributed by atoms with Crippen LogP contribution in [0.1, 0.15) is 26.2 Å². The summed E-state index contributed by atoms with van der Waals surface area (Å²) in [6, 6.07) is 0. The Morgan fingerprint density at radius 1 is 1.44 bits per heavy atom. The van der Waals surface area contributed by atoms with Crippen molar-refractivity contribution in [2.75, 3.05) is 33.2 Å². The van der Waals surface area contributed by atoms with E-state index in [2.05, 4.69) is 10.6 Å². The van der Waals surface area contributed by atoms with Gasteiger partial charge in [-0.1, -0.05) is 0 Å². The fourth-order valence-electron chi connectivity index (χ4n) is 2.96. The van der Waals surface area contributed by atoms with E-state index in [4.69, 9.17) is 0 Å². The minimum absolute atomic E-state index is 0.0413. The molecule has 2 heterocycles. The van der Waals surface area contributed by atoms with Gasteiger partial charge in [0.25, 0.3) is 0 Å². The van der Waals surface area contributed by atoms with Crippen LogP contribution < -0.4 is 10.6 Å². The van der Waals surface area contributed by atoms with E-state index < -0.39 is 5.41 Å². The highest BCUT2D eigenvalue weighted by Gasteiger charge is 2.42. The predicted molar refractivity (Wildman–Crippen MR) is 69.0 cm³/mol. The number of hydrogen-bond donors (Lipinski definition) is 2. The van der Waals surface area contributed by atoms with Gasteiger partial charge in [0, 0.05) is 26.7 Å². The van der Waals surface area contributed by atoms with Crippen LogP contribution in [0.25, 0.3) is 0 Å². The first kappa shape index (κ1) is 13.3. The SMILES string of the molecule is CNC(=O)C1(C)CCN(C(=O)[C@H]2CCCNC2)C1. The van der Waals surface area contributed by atoms with Crippen molar-refractivity contribution in [3.63, 3.8) is 0 Å². The molecule has 102 valence electrons. The van der Waals surface area contributed by atoms with Crippen molar-refractivity contribution in [2.45, 2.75) is 26.2 Å². The summed E-state index contributed by atoms with van der Waals surface area (Å²) in [7, 11) is 1.66. The number of carbonyl (C=O) groups is 2. The van der Waals surface area contributed by atoms with E-state index >= 15 is 0 Å². The molecule has 18 heavy (non-hydrogen) atoms. The molecule has 2 saturated heterocycles. The summed E-state index contributed by atoms with van der Waals surface area (Å²) in [5.74, 6) is 0.361. The topological polar surface area (TPSA) is 61.4 Å². The highest BCUT2D eigenvalue weighted by atomic mass is 16.2. The molecule has 0 bridgehead atoms. The molecule has 2 atom stereocenters. The van der Waals surface area contributed by atoms with E-state index in [0.717, 1.165) is 32.4 Å². The van der Waals surface area contributed by atoms with Crippen molar-refractivity contribution in [1.29, 1.82) is 0 Å². The van der Waals surface area contributed by atoms with Gasteiger partial charge in [0.15, 0.2) is 0 Å². The molecule has 0 saturated carbocycles. The maximum absolute atomic E-state index is 12.4. The third-order valence-corrected chi connectivity index (χ3v) is 4.21. The van der Waals surface area contributed by atoms with Gasteiger partial charge < -0.3 is 15.5 Å². The predicted octanol–water partition coefficient (Wildman–Crippen LogP) is -0.0294. The fourth-order valence-corrected chi connectivity index (χ4v) is 2.96. The second-order valence-corrected chi connectivity index (χ2v) is 5.69. The first-order valence-corrected chi connectivity index (χ1v) is 6.78. The Hall–Kier alpha value is -1.10. The Morgan fingerprint density at radius 3 is 2.83 bits per heavy atom. The van der Waals surface area contributed by atoms with E-state index in [0.29, 0.717) is 13.1 Å². The van der Waals surface area contributed by atoms with Crippen molar-refractivity contribution in [3.8, 4) is 0 Å². The minimum atomic E-state index is -0.410. The van der Waals surface area contributed by atoms with Gasteiger partial charge >= 0.3 is 0 Å². The first-order valence-electron chi connectivity index (χ1n) is 6.78. The Balaban J connectivity index is 1.95. The zero-order valence-electron chi connectivity index (χ0n) is 11.3. The number of likely N-dealkylation sites (tertiary alicyclic amines) is 1. The van der Waals surface area contributed by atoms with Crippen LogP contribution in [-0.4, -0.2) is 49.9 Å². The molecule has 2 amide bonds. The summed E-state index contributed by atoms with van der Waals surface area (Å²) in [6.07, 6.45) is 2.80. The van der Waals surface area contributed by atoms with Crippen molar-refractivity contribution < 1.29 is 9.59 Å². The third kappa shape index (κ3) is 2.51. The largest absolute Gasteiger partial charge is 0.359 e. The van der Waals surface area contributed by atoms with Gasteiger partial charge in [-0.15, -0.1) is 0 Å². The van der Waals surface area contributed by atoms with Gasteiger partial charge in [-0.05, 0) is 32.7 Å². The zero-order valence-corrected chi connectivity index (χ0v) is 11.3. The Labute approximate surface area is 108 Å². The van der Waals surface area contributed by atoms with Gasteiger partial charge in [0.2, 0.25) is 11.8 Å². The molecule has 0 spiro atoms. The molecular formula is C13H23N3O2. The molecule has 2 fully saturated rings. The van der Waals surface area contributed by atoms with Gasteiger partial charge in [-0.3, -0.25) is 9.59 Å². The number of amides is 2. The standard InChI is InChI=1S/C13H23N3O2/c1-13(12(18)14-2)5-7-16(9-13)11(17)10-4-3-6-15-8-10/h10,15H,3-9H2,1-2H3,(H,14,18)/t10-,13?/m0/s1. The molecule has 2 aliphatic rings. The van der Waals surface area contributed by atoms with Gasteiger partial charge in [-0.25, -0.2) is 0 Å². The van der Waals surface area contributed by atoms with Crippen molar-refractivity contribution in [1.82, 2.24) is 15.5 Å². The lowest BCUT2D eigenvalue weighted by Gasteiger charge is -2.28. The van der Waals surface area contributed by atoms with Crippen molar-refractivity contribution in [3.05, 3.63) is 0 Å². The van der Waals surface area contributed by atoms with Crippen molar-refractivity contribution in [2.24, 2.45) is 11.3 Å². The quantitative estimate of drug-likeness (QED) is 0.726. The summed E-state index contributed by atoms with van der Waals surface area (Å²) < 4.78 is 0. The van der Waals surface area contributed by atoms with Crippen LogP contribution >= 0.6 is 0 Å². The van der Waals surface area contributed by atoms with Crippen molar-refractivity contribution >= 4 is 11.8 Å². The second kappa shape index (κ2) is 5.26. The van der Waals surface area contributed by atoms with E-state index in [1.807, 2.05) is 11.8 Å². The van der Waals surface area contributed by atoms with Gasteiger partial charge in [0.05, 0.1) is 11.3 Å². The van der Waals surface area contributed by atoms with Gasteiger partial charge in [-0.2, -0.15) is 0 Å². The Morgan fingerprint density at radius 2 is 2.22 bits per heavy atom. The van der Waals surface area contributed by atoms with E-state index in [-0.39, 0.29) is 17.7 Å². The summed E-state index contributed by atoms with van der Waals surface area (Å²) in [6.45, 7) is 5.01. The number of nitrogens with one attached hydrogen (secondary N) is 2. The average Bonchev–Trinajstić information content (AvgIpc) is 2.82. The van der Waals surface area contributed by atoms with Crippen LogP contribution in [0.15, 0.2) is 0 Å². The third-order valence-electron chi connectivity index (χ3n) is 4.21. The molecule has 2 N–H and O–H groups in total. The van der Waals surface area contributed by atoms with Crippen LogP contribution in [0.3, 0.4) is 0 Å². The van der Waals surface area contributed by atoms with Crippen LogP contribution in [0.2, 0.25) is 0 Å². The van der Waals surface area contributed by atoms with Crippen LogP contribution in [0, 0.1) is 11.3 Å². The molecule has 0 aromatic heterocycles. The number of hydrogen-bond acceptors (Lipinski definition) is 3. The van der Waals surface area contributed by atoms with Crippen LogP contribution in [0.5, 0.6) is 0 Å². The van der Waals surface area contributed by atoms with E-state index in [1.165, 1.54) is 0 Å².